The third-order valence-electron chi connectivity index (χ3n) is 2.21. The maximum Gasteiger partial charge on any atom is 0.345 e. The Morgan fingerprint density at radius 3 is 2.29 bits per heavy atom. The first-order valence-corrected chi connectivity index (χ1v) is 5.64. The number of hydrogen-bond donors (Lipinski definition) is 1. The number of esters is 1. The van der Waals surface area contributed by atoms with Crippen LogP contribution in [0.5, 0.6) is 0 Å². The van der Waals surface area contributed by atoms with Gasteiger partial charge in [-0.25, -0.2) is 9.78 Å². The molecule has 5 heteroatoms. The lowest BCUT2D eigenvalue weighted by molar-refractivity contribution is 0.0374. The fourth-order valence-electron chi connectivity index (χ4n) is 1.39. The second kappa shape index (κ2) is 5.12. The molecule has 0 aliphatic rings. The Labute approximate surface area is 100 Å². The van der Waals surface area contributed by atoms with E-state index in [9.17, 15) is 9.59 Å². The molecule has 0 bridgehead atoms. The van der Waals surface area contributed by atoms with Gasteiger partial charge in [0.25, 0.3) is 5.56 Å². The number of ether oxygens (including phenoxy) is 1. The molecule has 0 saturated heterocycles. The summed E-state index contributed by atoms with van der Waals surface area (Å²) in [6.45, 7) is 8.94. The van der Waals surface area contributed by atoms with E-state index in [1.807, 2.05) is 13.8 Å². The van der Waals surface area contributed by atoms with Gasteiger partial charge in [-0.2, -0.15) is 0 Å². The molecule has 0 spiro atoms. The first kappa shape index (κ1) is 13.4. The summed E-state index contributed by atoms with van der Waals surface area (Å²) in [6.07, 6.45) is -0.258. The average Bonchev–Trinajstić information content (AvgIpc) is 2.14. The Hall–Kier alpha value is -1.65. The van der Waals surface area contributed by atoms with Gasteiger partial charge in [-0.3, -0.25) is 4.79 Å². The van der Waals surface area contributed by atoms with Gasteiger partial charge in [-0.05, 0) is 20.8 Å². The monoisotopic (exact) mass is 238 g/mol. The summed E-state index contributed by atoms with van der Waals surface area (Å²) in [7, 11) is 0. The van der Waals surface area contributed by atoms with Gasteiger partial charge in [0.05, 0.1) is 11.8 Å². The van der Waals surface area contributed by atoms with Crippen molar-refractivity contribution in [1.29, 1.82) is 0 Å². The van der Waals surface area contributed by atoms with Crippen molar-refractivity contribution in [3.63, 3.8) is 0 Å². The molecule has 17 heavy (non-hydrogen) atoms. The number of aryl methyl sites for hydroxylation is 1. The highest BCUT2D eigenvalue weighted by Gasteiger charge is 2.19. The predicted octanol–water partition coefficient (Wildman–Crippen LogP) is 1.77. The zero-order valence-corrected chi connectivity index (χ0v) is 10.8. The van der Waals surface area contributed by atoms with Crippen molar-refractivity contribution in [2.75, 3.05) is 0 Å². The number of aromatic amines is 1. The maximum atomic E-state index is 11.8. The number of hydrogen-bond acceptors (Lipinski definition) is 4. The maximum absolute atomic E-state index is 11.8. The van der Waals surface area contributed by atoms with Gasteiger partial charge in [0.1, 0.15) is 11.4 Å². The van der Waals surface area contributed by atoms with Crippen molar-refractivity contribution in [3.05, 3.63) is 27.4 Å². The fraction of sp³-hybridized carbons (Fsp3) is 0.583. The Morgan fingerprint density at radius 2 is 1.88 bits per heavy atom. The minimum atomic E-state index is -0.624. The molecule has 0 amide bonds. The molecule has 1 N–H and O–H groups in total. The third kappa shape index (κ3) is 3.15. The topological polar surface area (TPSA) is 72.0 Å². The minimum absolute atomic E-state index is 0.0110. The molecule has 0 fully saturated rings. The van der Waals surface area contributed by atoms with Crippen molar-refractivity contribution in [2.45, 2.75) is 46.6 Å². The van der Waals surface area contributed by atoms with Gasteiger partial charge in [-0.1, -0.05) is 13.8 Å². The standard InChI is InChI=1S/C12H18N2O3/c1-6(2)10-13-8(5)9(11(15)14-10)12(16)17-7(3)4/h6-7H,1-5H3,(H,13,14,15). The van der Waals surface area contributed by atoms with Crippen LogP contribution in [0.3, 0.4) is 0 Å². The molecule has 0 aliphatic heterocycles. The molecule has 1 rings (SSSR count). The zero-order valence-electron chi connectivity index (χ0n) is 10.8. The van der Waals surface area contributed by atoms with E-state index in [0.29, 0.717) is 11.5 Å². The molecule has 1 aromatic heterocycles. The van der Waals surface area contributed by atoms with Crippen LogP contribution in [0, 0.1) is 6.92 Å². The average molecular weight is 238 g/mol. The molecular formula is C12H18N2O3. The molecule has 0 aromatic carbocycles. The van der Waals surface area contributed by atoms with E-state index >= 15 is 0 Å². The lowest BCUT2D eigenvalue weighted by atomic mass is 10.2. The molecule has 0 radical (unpaired) electrons. The van der Waals surface area contributed by atoms with Crippen LogP contribution in [-0.2, 0) is 4.74 Å². The van der Waals surface area contributed by atoms with Gasteiger partial charge in [0.2, 0.25) is 0 Å². The molecule has 0 saturated carbocycles. The fourth-order valence-corrected chi connectivity index (χ4v) is 1.39. The third-order valence-corrected chi connectivity index (χ3v) is 2.21. The van der Waals surface area contributed by atoms with Crippen LogP contribution in [0.25, 0.3) is 0 Å². The summed E-state index contributed by atoms with van der Waals surface area (Å²) >= 11 is 0. The SMILES string of the molecule is Cc1nc(C(C)C)[nH]c(=O)c1C(=O)OC(C)C. The Morgan fingerprint density at radius 1 is 1.29 bits per heavy atom. The molecule has 0 aliphatic carbocycles. The van der Waals surface area contributed by atoms with Gasteiger partial charge in [0.15, 0.2) is 0 Å². The highest BCUT2D eigenvalue weighted by molar-refractivity contribution is 5.90. The summed E-state index contributed by atoms with van der Waals surface area (Å²) in [5, 5.41) is 0. The van der Waals surface area contributed by atoms with Gasteiger partial charge < -0.3 is 9.72 Å². The molecule has 1 heterocycles. The van der Waals surface area contributed by atoms with Gasteiger partial charge in [0, 0.05) is 5.92 Å². The summed E-state index contributed by atoms with van der Waals surface area (Å²) in [5.74, 6) is 0.0618. The van der Waals surface area contributed by atoms with E-state index < -0.39 is 11.5 Å². The van der Waals surface area contributed by atoms with Crippen molar-refractivity contribution < 1.29 is 9.53 Å². The Bertz CT molecular complexity index is 475. The van der Waals surface area contributed by atoms with Crippen molar-refractivity contribution in [1.82, 2.24) is 9.97 Å². The Balaban J connectivity index is 3.19. The van der Waals surface area contributed by atoms with Crippen LogP contribution in [0.1, 0.15) is 55.5 Å². The molecule has 1 aromatic rings. The lowest BCUT2D eigenvalue weighted by Crippen LogP contribution is -2.26. The second-order valence-corrected chi connectivity index (χ2v) is 4.52. The highest BCUT2D eigenvalue weighted by atomic mass is 16.5. The van der Waals surface area contributed by atoms with Crippen molar-refractivity contribution in [3.8, 4) is 0 Å². The number of H-pyrrole nitrogens is 1. The summed E-state index contributed by atoms with van der Waals surface area (Å²) in [6, 6.07) is 0. The number of nitrogens with one attached hydrogen (secondary N) is 1. The van der Waals surface area contributed by atoms with Crippen molar-refractivity contribution >= 4 is 5.97 Å². The first-order valence-electron chi connectivity index (χ1n) is 5.64. The van der Waals surface area contributed by atoms with Gasteiger partial charge >= 0.3 is 5.97 Å². The van der Waals surface area contributed by atoms with Gasteiger partial charge in [-0.15, -0.1) is 0 Å². The number of rotatable bonds is 3. The van der Waals surface area contributed by atoms with Crippen LogP contribution in [0.15, 0.2) is 4.79 Å². The van der Waals surface area contributed by atoms with E-state index in [1.54, 1.807) is 20.8 Å². The number of aromatic nitrogens is 2. The second-order valence-electron chi connectivity index (χ2n) is 4.52. The quantitative estimate of drug-likeness (QED) is 0.814. The highest BCUT2D eigenvalue weighted by Crippen LogP contribution is 2.09. The molecule has 0 unspecified atom stereocenters. The number of carbonyl (C=O) groups excluding carboxylic acids is 1. The first-order chi connectivity index (χ1) is 7.82. The van der Waals surface area contributed by atoms with Crippen LogP contribution in [0.2, 0.25) is 0 Å². The predicted molar refractivity (Wildman–Crippen MR) is 64.2 cm³/mol. The van der Waals surface area contributed by atoms with Crippen LogP contribution < -0.4 is 5.56 Å². The largest absolute Gasteiger partial charge is 0.459 e. The molecule has 94 valence electrons. The van der Waals surface area contributed by atoms with Crippen LogP contribution in [0.4, 0.5) is 0 Å². The molecular weight excluding hydrogens is 220 g/mol. The van der Waals surface area contributed by atoms with E-state index in [4.69, 9.17) is 4.74 Å². The minimum Gasteiger partial charge on any atom is -0.459 e. The number of nitrogens with zero attached hydrogens (tertiary/aromatic N) is 1. The summed E-state index contributed by atoms with van der Waals surface area (Å²) < 4.78 is 5.00. The molecule has 5 nitrogen and oxygen atoms in total. The smallest absolute Gasteiger partial charge is 0.345 e. The normalized spacial score (nSPS) is 11.0. The Kier molecular flexibility index (Phi) is 4.04. The summed E-state index contributed by atoms with van der Waals surface area (Å²) in [5.41, 5.74) is -0.0435. The van der Waals surface area contributed by atoms with Crippen LogP contribution in [-0.4, -0.2) is 22.0 Å². The summed E-state index contributed by atoms with van der Waals surface area (Å²) in [4.78, 5) is 30.3. The van der Waals surface area contributed by atoms with E-state index in [0.717, 1.165) is 0 Å². The zero-order chi connectivity index (χ0) is 13.2. The van der Waals surface area contributed by atoms with E-state index in [2.05, 4.69) is 9.97 Å². The van der Waals surface area contributed by atoms with Crippen molar-refractivity contribution in [2.24, 2.45) is 0 Å². The molecule has 0 atom stereocenters. The van der Waals surface area contributed by atoms with E-state index in [-0.39, 0.29) is 17.6 Å². The lowest BCUT2D eigenvalue weighted by Gasteiger charge is -2.10. The van der Waals surface area contributed by atoms with Crippen LogP contribution >= 0.6 is 0 Å². The number of carbonyl (C=O) groups is 1. The van der Waals surface area contributed by atoms with E-state index in [1.165, 1.54) is 0 Å².